The molecule has 112 valence electrons. The zero-order valence-corrected chi connectivity index (χ0v) is 14.1. The fourth-order valence-electron chi connectivity index (χ4n) is 2.48. The van der Waals surface area contributed by atoms with Gasteiger partial charge in [-0.1, -0.05) is 24.3 Å². The van der Waals surface area contributed by atoms with E-state index in [-0.39, 0.29) is 5.56 Å². The van der Waals surface area contributed by atoms with Crippen molar-refractivity contribution in [2.45, 2.75) is 13.5 Å². The molecule has 0 fully saturated rings. The third-order valence-corrected chi connectivity index (χ3v) is 4.33. The molecule has 0 atom stereocenters. The van der Waals surface area contributed by atoms with Crippen molar-refractivity contribution in [3.63, 3.8) is 0 Å². The number of aromatic nitrogens is 1. The summed E-state index contributed by atoms with van der Waals surface area (Å²) in [5.41, 5.74) is 2.95. The van der Waals surface area contributed by atoms with E-state index in [1.54, 1.807) is 17.7 Å². The van der Waals surface area contributed by atoms with E-state index in [1.807, 2.05) is 49.4 Å². The van der Waals surface area contributed by atoms with Crippen molar-refractivity contribution in [3.8, 4) is 5.75 Å². The van der Waals surface area contributed by atoms with Crippen molar-refractivity contribution in [1.29, 1.82) is 0 Å². The second-order valence-electron chi connectivity index (χ2n) is 5.31. The van der Waals surface area contributed by atoms with Crippen molar-refractivity contribution in [2.75, 3.05) is 0 Å². The highest BCUT2D eigenvalue weighted by molar-refractivity contribution is 9.10. The number of hydrogen-bond donors (Lipinski definition) is 0. The molecular weight excluding hydrogens is 342 g/mol. The average Bonchev–Trinajstić information content (AvgIpc) is 2.51. The van der Waals surface area contributed by atoms with Gasteiger partial charge in [0.2, 0.25) is 0 Å². The standard InChI is InChI=1S/C18H16BrNO2/c1-12-7-8-17(15(19)9-12)22-11-13-10-18(21)20(2)16-6-4-3-5-14(13)16/h3-10H,11H2,1-2H3. The zero-order valence-electron chi connectivity index (χ0n) is 12.5. The minimum Gasteiger partial charge on any atom is -0.488 e. The lowest BCUT2D eigenvalue weighted by Gasteiger charge is -2.12. The molecule has 4 heteroatoms. The van der Waals surface area contributed by atoms with Crippen LogP contribution in [0.1, 0.15) is 11.1 Å². The predicted molar refractivity (Wildman–Crippen MR) is 92.4 cm³/mol. The number of ether oxygens (including phenoxy) is 1. The molecule has 0 aliphatic carbocycles. The highest BCUT2D eigenvalue weighted by Crippen LogP contribution is 2.27. The summed E-state index contributed by atoms with van der Waals surface area (Å²) in [6.07, 6.45) is 0. The Morgan fingerprint density at radius 1 is 1.14 bits per heavy atom. The Balaban J connectivity index is 1.97. The fraction of sp³-hybridized carbons (Fsp3) is 0.167. The second kappa shape index (κ2) is 5.97. The molecule has 0 N–H and O–H groups in total. The number of rotatable bonds is 3. The Kier molecular flexibility index (Phi) is 4.03. The first kappa shape index (κ1) is 14.9. The molecule has 1 aromatic heterocycles. The van der Waals surface area contributed by atoms with Crippen LogP contribution in [0.25, 0.3) is 10.9 Å². The Labute approximate surface area is 137 Å². The van der Waals surface area contributed by atoms with E-state index in [9.17, 15) is 4.79 Å². The van der Waals surface area contributed by atoms with Crippen LogP contribution in [-0.2, 0) is 13.7 Å². The van der Waals surface area contributed by atoms with Crippen LogP contribution < -0.4 is 10.3 Å². The summed E-state index contributed by atoms with van der Waals surface area (Å²) in [4.78, 5) is 12.1. The van der Waals surface area contributed by atoms with Crippen LogP contribution in [0, 0.1) is 6.92 Å². The van der Waals surface area contributed by atoms with Gasteiger partial charge in [-0.15, -0.1) is 0 Å². The van der Waals surface area contributed by atoms with Gasteiger partial charge in [0.15, 0.2) is 0 Å². The quantitative estimate of drug-likeness (QED) is 0.703. The van der Waals surface area contributed by atoms with Crippen LogP contribution in [0.3, 0.4) is 0 Å². The number of para-hydroxylation sites is 1. The molecule has 0 aliphatic heterocycles. The van der Waals surface area contributed by atoms with Crippen LogP contribution in [0.5, 0.6) is 5.75 Å². The highest BCUT2D eigenvalue weighted by Gasteiger charge is 2.08. The average molecular weight is 358 g/mol. The van der Waals surface area contributed by atoms with Crippen LogP contribution >= 0.6 is 15.9 Å². The summed E-state index contributed by atoms with van der Waals surface area (Å²) in [6, 6.07) is 15.5. The number of pyridine rings is 1. The molecule has 0 spiro atoms. The molecule has 22 heavy (non-hydrogen) atoms. The lowest BCUT2D eigenvalue weighted by Crippen LogP contribution is -2.17. The summed E-state index contributed by atoms with van der Waals surface area (Å²) in [5.74, 6) is 0.773. The van der Waals surface area contributed by atoms with E-state index in [4.69, 9.17) is 4.74 Å². The molecule has 1 heterocycles. The Morgan fingerprint density at radius 2 is 1.91 bits per heavy atom. The second-order valence-corrected chi connectivity index (χ2v) is 6.16. The van der Waals surface area contributed by atoms with Gasteiger partial charge >= 0.3 is 0 Å². The van der Waals surface area contributed by atoms with E-state index < -0.39 is 0 Å². The van der Waals surface area contributed by atoms with Gasteiger partial charge in [-0.25, -0.2) is 0 Å². The lowest BCUT2D eigenvalue weighted by molar-refractivity contribution is 0.305. The van der Waals surface area contributed by atoms with Gasteiger partial charge in [-0.05, 0) is 46.6 Å². The summed E-state index contributed by atoms with van der Waals surface area (Å²) in [6.45, 7) is 2.39. The molecule has 0 aliphatic rings. The molecule has 3 rings (SSSR count). The minimum atomic E-state index is -0.0275. The van der Waals surface area contributed by atoms with Gasteiger partial charge in [0.05, 0.1) is 9.99 Å². The number of halogens is 1. The SMILES string of the molecule is Cc1ccc(OCc2cc(=O)n(C)c3ccccc23)c(Br)c1. The maximum Gasteiger partial charge on any atom is 0.251 e. The van der Waals surface area contributed by atoms with Gasteiger partial charge < -0.3 is 9.30 Å². The van der Waals surface area contributed by atoms with Gasteiger partial charge in [0.25, 0.3) is 5.56 Å². The van der Waals surface area contributed by atoms with Crippen molar-refractivity contribution < 1.29 is 4.74 Å². The van der Waals surface area contributed by atoms with Crippen LogP contribution in [0.15, 0.2) is 57.8 Å². The Morgan fingerprint density at radius 3 is 2.68 bits per heavy atom. The lowest BCUT2D eigenvalue weighted by atomic mass is 10.1. The van der Waals surface area contributed by atoms with Gasteiger partial charge in [0.1, 0.15) is 12.4 Å². The molecule has 0 amide bonds. The topological polar surface area (TPSA) is 31.2 Å². The Hall–Kier alpha value is -2.07. The van der Waals surface area contributed by atoms with Gasteiger partial charge in [0, 0.05) is 24.1 Å². The Bertz CT molecular complexity index is 899. The van der Waals surface area contributed by atoms with Crippen molar-refractivity contribution >= 4 is 26.8 Å². The maximum atomic E-state index is 12.1. The summed E-state index contributed by atoms with van der Waals surface area (Å²) >= 11 is 3.51. The van der Waals surface area contributed by atoms with E-state index in [0.717, 1.165) is 26.7 Å². The zero-order chi connectivity index (χ0) is 15.7. The molecule has 2 aromatic carbocycles. The van der Waals surface area contributed by atoms with Gasteiger partial charge in [-0.2, -0.15) is 0 Å². The van der Waals surface area contributed by atoms with Crippen molar-refractivity contribution in [2.24, 2.45) is 7.05 Å². The molecule has 3 nitrogen and oxygen atoms in total. The van der Waals surface area contributed by atoms with Crippen LogP contribution in [-0.4, -0.2) is 4.57 Å². The number of benzene rings is 2. The normalized spacial score (nSPS) is 10.9. The largest absolute Gasteiger partial charge is 0.488 e. The molecule has 0 saturated carbocycles. The smallest absolute Gasteiger partial charge is 0.251 e. The van der Waals surface area contributed by atoms with E-state index in [2.05, 4.69) is 15.9 Å². The highest BCUT2D eigenvalue weighted by atomic mass is 79.9. The molecule has 0 bridgehead atoms. The molecule has 3 aromatic rings. The number of fused-ring (bicyclic) bond motifs is 1. The van der Waals surface area contributed by atoms with E-state index >= 15 is 0 Å². The van der Waals surface area contributed by atoms with E-state index in [0.29, 0.717) is 6.61 Å². The van der Waals surface area contributed by atoms with E-state index in [1.165, 1.54) is 5.56 Å². The fourth-order valence-corrected chi connectivity index (χ4v) is 3.09. The van der Waals surface area contributed by atoms with Crippen LogP contribution in [0.4, 0.5) is 0 Å². The van der Waals surface area contributed by atoms with Gasteiger partial charge in [-0.3, -0.25) is 4.79 Å². The monoisotopic (exact) mass is 357 g/mol. The van der Waals surface area contributed by atoms with Crippen LogP contribution in [0.2, 0.25) is 0 Å². The third-order valence-electron chi connectivity index (χ3n) is 3.71. The first-order valence-electron chi connectivity index (χ1n) is 7.03. The first-order valence-corrected chi connectivity index (χ1v) is 7.82. The molecule has 0 unspecified atom stereocenters. The van der Waals surface area contributed by atoms with Crippen molar-refractivity contribution in [3.05, 3.63) is 74.5 Å². The summed E-state index contributed by atoms with van der Waals surface area (Å²) < 4.78 is 8.46. The number of nitrogens with zero attached hydrogens (tertiary/aromatic N) is 1. The maximum absolute atomic E-state index is 12.1. The molecule has 0 saturated heterocycles. The summed E-state index contributed by atoms with van der Waals surface area (Å²) in [5, 5.41) is 1.04. The van der Waals surface area contributed by atoms with Crippen molar-refractivity contribution in [1.82, 2.24) is 4.57 Å². The predicted octanol–water partition coefficient (Wildman–Crippen LogP) is 4.19. The molecular formula is C18H16BrNO2. The minimum absolute atomic E-state index is 0.0275. The molecule has 0 radical (unpaired) electrons. The third kappa shape index (κ3) is 2.79. The first-order chi connectivity index (χ1) is 10.6. The summed E-state index contributed by atoms with van der Waals surface area (Å²) in [7, 11) is 1.78. The number of hydrogen-bond acceptors (Lipinski definition) is 2. The number of aryl methyl sites for hydroxylation is 2.